The molecule has 1 aliphatic carbocycles. The molecule has 1 amide bonds. The summed E-state index contributed by atoms with van der Waals surface area (Å²) < 4.78 is 0. The first-order valence-electron chi connectivity index (χ1n) is 8.20. The molecule has 2 N–H and O–H groups in total. The van der Waals surface area contributed by atoms with Crippen LogP contribution in [0.4, 0.5) is 0 Å². The molecule has 0 radical (unpaired) electrons. The minimum Gasteiger partial charge on any atom is -0.355 e. The van der Waals surface area contributed by atoms with Crippen molar-refractivity contribution in [3.05, 3.63) is 0 Å². The molecule has 0 spiro atoms. The SMILES string of the molecule is CC(C)CCCCNC(=O)C1CC2CCCCC2N1. The third-order valence-electron chi connectivity index (χ3n) is 4.69. The minimum absolute atomic E-state index is 0.0817. The van der Waals surface area contributed by atoms with Gasteiger partial charge >= 0.3 is 0 Å². The van der Waals surface area contributed by atoms with Crippen LogP contribution in [0.25, 0.3) is 0 Å². The highest BCUT2D eigenvalue weighted by molar-refractivity contribution is 5.82. The van der Waals surface area contributed by atoms with E-state index in [2.05, 4.69) is 24.5 Å². The molecule has 0 aromatic heterocycles. The Morgan fingerprint density at radius 1 is 1.26 bits per heavy atom. The van der Waals surface area contributed by atoms with E-state index >= 15 is 0 Å². The maximum atomic E-state index is 12.1. The lowest BCUT2D eigenvalue weighted by molar-refractivity contribution is -0.122. The summed E-state index contributed by atoms with van der Waals surface area (Å²) in [7, 11) is 0. The molecule has 2 fully saturated rings. The Kier molecular flexibility index (Phi) is 5.68. The summed E-state index contributed by atoms with van der Waals surface area (Å²) in [5.74, 6) is 1.76. The van der Waals surface area contributed by atoms with Crippen molar-refractivity contribution in [3.63, 3.8) is 0 Å². The fourth-order valence-electron chi connectivity index (χ4n) is 3.53. The third kappa shape index (κ3) is 4.48. The van der Waals surface area contributed by atoms with Crippen LogP contribution < -0.4 is 10.6 Å². The number of nitrogens with one attached hydrogen (secondary N) is 2. The highest BCUT2D eigenvalue weighted by Crippen LogP contribution is 2.33. The molecule has 0 aromatic rings. The van der Waals surface area contributed by atoms with Crippen molar-refractivity contribution in [2.24, 2.45) is 11.8 Å². The smallest absolute Gasteiger partial charge is 0.237 e. The lowest BCUT2D eigenvalue weighted by Gasteiger charge is -2.24. The number of amides is 1. The van der Waals surface area contributed by atoms with Crippen LogP contribution in [-0.4, -0.2) is 24.5 Å². The van der Waals surface area contributed by atoms with Gasteiger partial charge in [-0.3, -0.25) is 4.79 Å². The number of hydrogen-bond acceptors (Lipinski definition) is 2. The van der Waals surface area contributed by atoms with Gasteiger partial charge in [0.15, 0.2) is 0 Å². The molecule has 2 aliphatic rings. The summed E-state index contributed by atoms with van der Waals surface area (Å²) in [5, 5.41) is 6.65. The number of unbranched alkanes of at least 4 members (excludes halogenated alkanes) is 1. The van der Waals surface area contributed by atoms with Crippen molar-refractivity contribution in [1.29, 1.82) is 0 Å². The Bertz CT molecular complexity index is 276. The van der Waals surface area contributed by atoms with Gasteiger partial charge in [-0.2, -0.15) is 0 Å². The van der Waals surface area contributed by atoms with Crippen LogP contribution in [-0.2, 0) is 4.79 Å². The van der Waals surface area contributed by atoms with E-state index in [9.17, 15) is 4.79 Å². The molecule has 19 heavy (non-hydrogen) atoms. The Balaban J connectivity index is 1.61. The van der Waals surface area contributed by atoms with E-state index in [0.29, 0.717) is 6.04 Å². The summed E-state index contributed by atoms with van der Waals surface area (Å²) in [6.45, 7) is 5.35. The van der Waals surface area contributed by atoms with Gasteiger partial charge in [-0.05, 0) is 37.5 Å². The van der Waals surface area contributed by atoms with Gasteiger partial charge in [0.05, 0.1) is 6.04 Å². The first-order valence-corrected chi connectivity index (χ1v) is 8.20. The molecular formula is C16H30N2O. The van der Waals surface area contributed by atoms with E-state index < -0.39 is 0 Å². The highest BCUT2D eigenvalue weighted by atomic mass is 16.2. The number of carbonyl (C=O) groups excluding carboxylic acids is 1. The second kappa shape index (κ2) is 7.28. The molecule has 0 aromatic carbocycles. The van der Waals surface area contributed by atoms with Crippen molar-refractivity contribution in [2.75, 3.05) is 6.54 Å². The summed E-state index contributed by atoms with van der Waals surface area (Å²) >= 11 is 0. The first-order chi connectivity index (χ1) is 9.16. The standard InChI is InChI=1S/C16H30N2O/c1-12(2)7-5-6-10-17-16(19)15-11-13-8-3-4-9-14(13)18-15/h12-15,18H,3-11H2,1-2H3,(H,17,19). The summed E-state index contributed by atoms with van der Waals surface area (Å²) in [6.07, 6.45) is 9.93. The van der Waals surface area contributed by atoms with Crippen LogP contribution in [0.2, 0.25) is 0 Å². The van der Waals surface area contributed by atoms with Crippen LogP contribution in [0, 0.1) is 11.8 Å². The van der Waals surface area contributed by atoms with Crippen molar-refractivity contribution in [2.45, 2.75) is 77.3 Å². The molecule has 1 heterocycles. The molecular weight excluding hydrogens is 236 g/mol. The molecule has 0 bridgehead atoms. The second-order valence-corrected chi connectivity index (χ2v) is 6.79. The van der Waals surface area contributed by atoms with E-state index in [0.717, 1.165) is 31.2 Å². The average molecular weight is 266 g/mol. The van der Waals surface area contributed by atoms with Gasteiger partial charge in [0.25, 0.3) is 0 Å². The predicted octanol–water partition coefficient (Wildman–Crippen LogP) is 2.85. The van der Waals surface area contributed by atoms with Gasteiger partial charge < -0.3 is 10.6 Å². The quantitative estimate of drug-likeness (QED) is 0.726. The molecule has 110 valence electrons. The zero-order chi connectivity index (χ0) is 13.7. The lowest BCUT2D eigenvalue weighted by atomic mass is 9.85. The fraction of sp³-hybridized carbons (Fsp3) is 0.938. The van der Waals surface area contributed by atoms with Crippen molar-refractivity contribution in [3.8, 4) is 0 Å². The van der Waals surface area contributed by atoms with Crippen molar-refractivity contribution in [1.82, 2.24) is 10.6 Å². The van der Waals surface area contributed by atoms with Gasteiger partial charge in [-0.15, -0.1) is 0 Å². The first kappa shape index (κ1) is 14.8. The van der Waals surface area contributed by atoms with Crippen molar-refractivity contribution >= 4 is 5.91 Å². The van der Waals surface area contributed by atoms with Gasteiger partial charge in [-0.1, -0.05) is 39.5 Å². The summed E-state index contributed by atoms with van der Waals surface area (Å²) in [6, 6.07) is 0.698. The average Bonchev–Trinajstić information content (AvgIpc) is 2.81. The summed E-state index contributed by atoms with van der Waals surface area (Å²) in [5.41, 5.74) is 0. The molecule has 1 aliphatic heterocycles. The lowest BCUT2D eigenvalue weighted by Crippen LogP contribution is -2.43. The van der Waals surface area contributed by atoms with Crippen LogP contribution in [0.5, 0.6) is 0 Å². The molecule has 3 unspecified atom stereocenters. The zero-order valence-corrected chi connectivity index (χ0v) is 12.6. The van der Waals surface area contributed by atoms with Gasteiger partial charge in [-0.25, -0.2) is 0 Å². The van der Waals surface area contributed by atoms with Crippen LogP contribution in [0.15, 0.2) is 0 Å². The fourth-order valence-corrected chi connectivity index (χ4v) is 3.53. The molecule has 2 rings (SSSR count). The van der Waals surface area contributed by atoms with Gasteiger partial charge in [0.1, 0.15) is 0 Å². The number of fused-ring (bicyclic) bond motifs is 1. The largest absolute Gasteiger partial charge is 0.355 e. The Labute approximate surface area is 117 Å². The van der Waals surface area contributed by atoms with E-state index in [-0.39, 0.29) is 11.9 Å². The van der Waals surface area contributed by atoms with Gasteiger partial charge in [0, 0.05) is 12.6 Å². The monoisotopic (exact) mass is 266 g/mol. The molecule has 1 saturated carbocycles. The Morgan fingerprint density at radius 2 is 2.05 bits per heavy atom. The van der Waals surface area contributed by atoms with E-state index in [1.807, 2.05) is 0 Å². The van der Waals surface area contributed by atoms with Crippen LogP contribution in [0.1, 0.15) is 65.2 Å². The summed E-state index contributed by atoms with van der Waals surface area (Å²) in [4.78, 5) is 12.1. The molecule has 1 saturated heterocycles. The highest BCUT2D eigenvalue weighted by Gasteiger charge is 2.37. The Hall–Kier alpha value is -0.570. The molecule has 3 nitrogen and oxygen atoms in total. The number of rotatable bonds is 6. The van der Waals surface area contributed by atoms with Crippen LogP contribution >= 0.6 is 0 Å². The Morgan fingerprint density at radius 3 is 2.79 bits per heavy atom. The third-order valence-corrected chi connectivity index (χ3v) is 4.69. The zero-order valence-electron chi connectivity index (χ0n) is 12.6. The van der Waals surface area contributed by atoms with E-state index in [1.165, 1.54) is 38.5 Å². The predicted molar refractivity (Wildman–Crippen MR) is 79.0 cm³/mol. The second-order valence-electron chi connectivity index (χ2n) is 6.79. The number of carbonyl (C=O) groups is 1. The van der Waals surface area contributed by atoms with Gasteiger partial charge in [0.2, 0.25) is 5.91 Å². The topological polar surface area (TPSA) is 41.1 Å². The normalized spacial score (nSPS) is 30.4. The van der Waals surface area contributed by atoms with E-state index in [1.54, 1.807) is 0 Å². The van der Waals surface area contributed by atoms with Crippen molar-refractivity contribution < 1.29 is 4.79 Å². The maximum absolute atomic E-state index is 12.1. The number of hydrogen-bond donors (Lipinski definition) is 2. The van der Waals surface area contributed by atoms with E-state index in [4.69, 9.17) is 0 Å². The molecule has 3 atom stereocenters. The van der Waals surface area contributed by atoms with Crippen LogP contribution in [0.3, 0.4) is 0 Å². The minimum atomic E-state index is 0.0817. The molecule has 3 heteroatoms. The maximum Gasteiger partial charge on any atom is 0.237 e.